The van der Waals surface area contributed by atoms with Gasteiger partial charge in [0.05, 0.1) is 20.6 Å². The van der Waals surface area contributed by atoms with Gasteiger partial charge in [-0.15, -0.1) is 0 Å². The molecule has 4 rings (SSSR count). The number of halogens is 2. The molecule has 1 heterocycles. The number of aromatic carboxylic acids is 1. The molecule has 1 aliphatic heterocycles. The molecule has 0 aliphatic carbocycles. The second-order valence-corrected chi connectivity index (χ2v) is 10.4. The number of amides is 1. The van der Waals surface area contributed by atoms with Crippen molar-refractivity contribution in [2.24, 2.45) is 0 Å². The third kappa shape index (κ3) is 5.55. The molecule has 33 heavy (non-hydrogen) atoms. The lowest BCUT2D eigenvalue weighted by Crippen LogP contribution is -2.27. The zero-order chi connectivity index (χ0) is 23.5. The van der Waals surface area contributed by atoms with E-state index in [2.05, 4.69) is 31.9 Å². The van der Waals surface area contributed by atoms with Crippen LogP contribution in [0.1, 0.15) is 21.5 Å². The number of hydrogen-bond acceptors (Lipinski definition) is 5. The van der Waals surface area contributed by atoms with Gasteiger partial charge in [0.2, 0.25) is 0 Å². The monoisotopic (exact) mass is 603 g/mol. The fourth-order valence-corrected chi connectivity index (χ4v) is 5.16. The molecular weight excluding hydrogens is 590 g/mol. The molecule has 1 saturated heterocycles. The molecule has 9 heteroatoms. The van der Waals surface area contributed by atoms with Gasteiger partial charge >= 0.3 is 5.97 Å². The molecule has 1 fully saturated rings. The van der Waals surface area contributed by atoms with Gasteiger partial charge in [-0.05, 0) is 75.6 Å². The molecule has 0 atom stereocenters. The first kappa shape index (κ1) is 23.7. The summed E-state index contributed by atoms with van der Waals surface area (Å²) in [6, 6.07) is 19.6. The van der Waals surface area contributed by atoms with E-state index in [1.807, 2.05) is 42.5 Å². The number of anilines is 1. The van der Waals surface area contributed by atoms with E-state index < -0.39 is 5.97 Å². The fraction of sp³-hybridized carbons (Fsp3) is 0.0417. The van der Waals surface area contributed by atoms with Crippen molar-refractivity contribution in [2.45, 2.75) is 6.61 Å². The predicted molar refractivity (Wildman–Crippen MR) is 142 cm³/mol. The van der Waals surface area contributed by atoms with Crippen molar-refractivity contribution >= 4 is 83.8 Å². The normalized spacial score (nSPS) is 14.7. The van der Waals surface area contributed by atoms with E-state index in [0.717, 1.165) is 20.1 Å². The number of ether oxygens (including phenoxy) is 1. The minimum absolute atomic E-state index is 0.0909. The summed E-state index contributed by atoms with van der Waals surface area (Å²) in [5, 5.41) is 9.22. The molecule has 1 amide bonds. The number of hydrogen-bond donors (Lipinski definition) is 1. The van der Waals surface area contributed by atoms with Crippen LogP contribution in [0.2, 0.25) is 0 Å². The summed E-state index contributed by atoms with van der Waals surface area (Å²) in [7, 11) is 0. The molecule has 0 saturated carbocycles. The number of carbonyl (C=O) groups excluding carboxylic acids is 1. The summed E-state index contributed by atoms with van der Waals surface area (Å²) in [6.45, 7) is 0.430. The van der Waals surface area contributed by atoms with E-state index in [-0.39, 0.29) is 11.5 Å². The van der Waals surface area contributed by atoms with Gasteiger partial charge in [-0.3, -0.25) is 9.69 Å². The molecule has 0 radical (unpaired) electrons. The maximum Gasteiger partial charge on any atom is 0.335 e. The number of benzene rings is 3. The highest BCUT2D eigenvalue weighted by Gasteiger charge is 2.33. The lowest BCUT2D eigenvalue weighted by atomic mass is 10.1. The third-order valence-corrected chi connectivity index (χ3v) is 7.16. The van der Waals surface area contributed by atoms with Crippen LogP contribution in [0.25, 0.3) is 6.08 Å². The average molecular weight is 605 g/mol. The summed E-state index contributed by atoms with van der Waals surface area (Å²) >= 11 is 13.5. The Kier molecular flexibility index (Phi) is 7.33. The minimum Gasteiger partial charge on any atom is -0.488 e. The van der Waals surface area contributed by atoms with Gasteiger partial charge in [-0.2, -0.15) is 0 Å². The van der Waals surface area contributed by atoms with Crippen LogP contribution in [0.3, 0.4) is 0 Å². The Bertz CT molecular complexity index is 1290. The second-order valence-electron chi connectivity index (χ2n) is 6.98. The van der Waals surface area contributed by atoms with Gasteiger partial charge in [-0.25, -0.2) is 4.79 Å². The standard InChI is InChI=1S/C24H15Br2NO4S2/c25-17-7-4-14(5-8-17)13-31-20-9-6-15(10-19(20)26)11-21-22(28)27(24(32)33-21)18-3-1-2-16(12-18)23(29)30/h1-12H,13H2,(H,29,30)/b21-11+. The van der Waals surface area contributed by atoms with Crippen LogP contribution in [-0.4, -0.2) is 21.3 Å². The van der Waals surface area contributed by atoms with E-state index >= 15 is 0 Å². The highest BCUT2D eigenvalue weighted by atomic mass is 79.9. The quantitative estimate of drug-likeness (QED) is 0.244. The summed E-state index contributed by atoms with van der Waals surface area (Å²) in [6.07, 6.45) is 1.75. The zero-order valence-corrected chi connectivity index (χ0v) is 21.6. The van der Waals surface area contributed by atoms with Gasteiger partial charge in [0.15, 0.2) is 4.32 Å². The molecule has 0 bridgehead atoms. The number of thiocarbonyl (C=S) groups is 1. The molecule has 0 unspecified atom stereocenters. The van der Waals surface area contributed by atoms with Gasteiger partial charge in [0, 0.05) is 4.47 Å². The Morgan fingerprint density at radius 2 is 1.85 bits per heavy atom. The highest BCUT2D eigenvalue weighted by molar-refractivity contribution is 9.10. The van der Waals surface area contributed by atoms with Crippen molar-refractivity contribution in [3.63, 3.8) is 0 Å². The first-order valence-electron chi connectivity index (χ1n) is 9.60. The van der Waals surface area contributed by atoms with E-state index in [9.17, 15) is 14.7 Å². The van der Waals surface area contributed by atoms with E-state index in [1.54, 1.807) is 18.2 Å². The van der Waals surface area contributed by atoms with Crippen LogP contribution in [0, 0.1) is 0 Å². The van der Waals surface area contributed by atoms with Crippen molar-refractivity contribution < 1.29 is 19.4 Å². The lowest BCUT2D eigenvalue weighted by Gasteiger charge is -2.14. The molecule has 0 spiro atoms. The topological polar surface area (TPSA) is 66.8 Å². The Morgan fingerprint density at radius 3 is 2.55 bits per heavy atom. The van der Waals surface area contributed by atoms with Gasteiger partial charge in [0.1, 0.15) is 12.4 Å². The zero-order valence-electron chi connectivity index (χ0n) is 16.8. The van der Waals surface area contributed by atoms with Crippen LogP contribution < -0.4 is 9.64 Å². The smallest absolute Gasteiger partial charge is 0.335 e. The summed E-state index contributed by atoms with van der Waals surface area (Å²) in [5.41, 5.74) is 2.37. The van der Waals surface area contributed by atoms with E-state index in [1.165, 1.54) is 28.8 Å². The molecule has 5 nitrogen and oxygen atoms in total. The minimum atomic E-state index is -1.06. The van der Waals surface area contributed by atoms with Crippen LogP contribution in [-0.2, 0) is 11.4 Å². The maximum absolute atomic E-state index is 13.0. The number of rotatable bonds is 6. The van der Waals surface area contributed by atoms with Crippen molar-refractivity contribution in [2.75, 3.05) is 4.90 Å². The van der Waals surface area contributed by atoms with E-state index in [4.69, 9.17) is 17.0 Å². The average Bonchev–Trinajstić information content (AvgIpc) is 3.07. The molecule has 3 aromatic carbocycles. The van der Waals surface area contributed by atoms with Crippen molar-refractivity contribution in [1.82, 2.24) is 0 Å². The van der Waals surface area contributed by atoms with Crippen LogP contribution in [0.15, 0.2) is 80.6 Å². The maximum atomic E-state index is 13.0. The Morgan fingerprint density at radius 1 is 1.09 bits per heavy atom. The van der Waals surface area contributed by atoms with Gasteiger partial charge in [-0.1, -0.05) is 64.2 Å². The fourth-order valence-electron chi connectivity index (χ4n) is 3.09. The largest absolute Gasteiger partial charge is 0.488 e. The Hall–Kier alpha value is -2.46. The molecule has 1 aliphatic rings. The Balaban J connectivity index is 1.50. The number of thioether (sulfide) groups is 1. The SMILES string of the molecule is O=C(O)c1cccc(N2C(=O)/C(=C\c3ccc(OCc4ccc(Br)cc4)c(Br)c3)SC2=S)c1. The third-order valence-electron chi connectivity index (χ3n) is 4.71. The van der Waals surface area contributed by atoms with Gasteiger partial charge in [0.25, 0.3) is 5.91 Å². The highest BCUT2D eigenvalue weighted by Crippen LogP contribution is 2.37. The first-order valence-corrected chi connectivity index (χ1v) is 12.4. The van der Waals surface area contributed by atoms with Crippen LogP contribution in [0.4, 0.5) is 5.69 Å². The Labute approximate surface area is 216 Å². The lowest BCUT2D eigenvalue weighted by molar-refractivity contribution is -0.113. The molecule has 3 aromatic rings. The number of carboxylic acid groups (broad SMARTS) is 1. The predicted octanol–water partition coefficient (Wildman–Crippen LogP) is 6.89. The summed E-state index contributed by atoms with van der Waals surface area (Å²) < 4.78 is 8.02. The molecule has 0 aromatic heterocycles. The van der Waals surface area contributed by atoms with Crippen molar-refractivity contribution in [1.29, 1.82) is 0 Å². The van der Waals surface area contributed by atoms with Crippen LogP contribution in [0.5, 0.6) is 5.75 Å². The number of nitrogens with zero attached hydrogens (tertiary/aromatic N) is 1. The first-order chi connectivity index (χ1) is 15.8. The van der Waals surface area contributed by atoms with Crippen molar-refractivity contribution in [3.05, 3.63) is 97.3 Å². The molecular formula is C24H15Br2NO4S2. The number of carboxylic acids is 1. The summed E-state index contributed by atoms with van der Waals surface area (Å²) in [4.78, 5) is 26.1. The van der Waals surface area contributed by atoms with Gasteiger partial charge < -0.3 is 9.84 Å². The molecule has 1 N–H and O–H groups in total. The number of carbonyl (C=O) groups is 2. The summed E-state index contributed by atoms with van der Waals surface area (Å²) in [5.74, 6) is -0.669. The van der Waals surface area contributed by atoms with Crippen LogP contribution >= 0.6 is 55.8 Å². The van der Waals surface area contributed by atoms with E-state index in [0.29, 0.717) is 27.3 Å². The molecule has 166 valence electrons. The van der Waals surface area contributed by atoms with Crippen molar-refractivity contribution in [3.8, 4) is 5.75 Å². The second kappa shape index (κ2) is 10.2.